The second kappa shape index (κ2) is 24.2. The van der Waals surface area contributed by atoms with Gasteiger partial charge in [0.2, 0.25) is 11.7 Å². The molecule has 0 rings (SSSR count). The van der Waals surface area contributed by atoms with Crippen LogP contribution in [0, 0.1) is 10.8 Å². The van der Waals surface area contributed by atoms with Gasteiger partial charge in [-0.05, 0) is 0 Å². The summed E-state index contributed by atoms with van der Waals surface area (Å²) in [7, 11) is 0. The molecule has 528 valence electrons. The number of alkyl halides is 40. The maximum absolute atomic E-state index is 17.0. The van der Waals surface area contributed by atoms with Crippen LogP contribution in [0.25, 0.3) is 0 Å². The van der Waals surface area contributed by atoms with Crippen molar-refractivity contribution in [2.24, 2.45) is 10.8 Å². The number of halogens is 42. The van der Waals surface area contributed by atoms with Gasteiger partial charge in [0.1, 0.15) is 13.2 Å². The van der Waals surface area contributed by atoms with E-state index in [0.29, 0.717) is 0 Å². The van der Waals surface area contributed by atoms with Gasteiger partial charge in [0.05, 0.1) is 0 Å². The summed E-state index contributed by atoms with van der Waals surface area (Å²) >= 11 is 0. The second-order valence-electron chi connectivity index (χ2n) is 16.4. The van der Waals surface area contributed by atoms with Gasteiger partial charge in [0.15, 0.2) is 13.2 Å². The first-order valence-corrected chi connectivity index (χ1v) is 19.9. The minimum absolute atomic E-state index is 0.735. The Morgan fingerprint density at radius 1 is 0.292 bits per heavy atom. The van der Waals surface area contributed by atoms with Crippen molar-refractivity contribution in [1.82, 2.24) is 0 Å². The van der Waals surface area contributed by atoms with Gasteiger partial charge in [0, 0.05) is 13.8 Å². The van der Waals surface area contributed by atoms with Crippen LogP contribution in [0.15, 0.2) is 24.8 Å². The van der Waals surface area contributed by atoms with Crippen LogP contribution in [0.1, 0.15) is 13.8 Å². The van der Waals surface area contributed by atoms with E-state index in [-0.39, 0.29) is 0 Å². The lowest BCUT2D eigenvalue weighted by molar-refractivity contribution is -0.641. The van der Waals surface area contributed by atoms with E-state index in [4.69, 9.17) is 10.2 Å². The van der Waals surface area contributed by atoms with Gasteiger partial charge in [-0.15, -0.1) is 0 Å². The molecule has 2 N–H and O–H groups in total. The number of carbonyl (C=O) groups excluding carboxylic acids is 2. The number of hydrogen-bond donors (Lipinski definition) is 2. The molecule has 0 aliphatic heterocycles. The Hall–Kier alpha value is -4.88. The summed E-state index contributed by atoms with van der Waals surface area (Å²) < 4.78 is 644. The molecule has 6 unspecified atom stereocenters. The first-order valence-electron chi connectivity index (χ1n) is 19.9. The van der Waals surface area contributed by atoms with Gasteiger partial charge < -0.3 is 19.7 Å². The SMILES string of the molecule is C=C(F)C(=O)OCC(F)(OC(F)(F)C(C(F)(F)OC(F)(F)C(C(F)(F)OC(C)(F)C(F)(F)F)(C(F)(F)OC(C)(F)C(F)(F)F)C(F)(F)OC(F)(CO)C(F)(F)F)(C(F)(F)OC(F)(CO)C(F)(F)F)C(F)(F)OC(F)(COC(=O)C(=C)F)C(F)(F)F)C(F)(F)F. The maximum Gasteiger partial charge on any atom is 0.452 e. The van der Waals surface area contributed by atoms with E-state index in [1.807, 2.05) is 0 Å². The third-order valence-electron chi connectivity index (χ3n) is 9.88. The van der Waals surface area contributed by atoms with Gasteiger partial charge in [-0.25, -0.2) is 18.4 Å². The number of ether oxygens (including phenoxy) is 9. The summed E-state index contributed by atoms with van der Waals surface area (Å²) in [6, 6.07) is 0. The van der Waals surface area contributed by atoms with Crippen LogP contribution >= 0.6 is 0 Å². The molecule has 0 heterocycles. The lowest BCUT2D eigenvalue weighted by Gasteiger charge is -2.54. The van der Waals surface area contributed by atoms with Crippen LogP contribution in [0.3, 0.4) is 0 Å². The Morgan fingerprint density at radius 3 is 0.618 bits per heavy atom. The topological polar surface area (TPSA) is 158 Å². The van der Waals surface area contributed by atoms with Crippen LogP contribution in [0.2, 0.25) is 0 Å². The van der Waals surface area contributed by atoms with Gasteiger partial charge in [-0.3, -0.25) is 33.2 Å². The first-order chi connectivity index (χ1) is 38.2. The van der Waals surface area contributed by atoms with Crippen LogP contribution in [-0.2, 0) is 52.2 Å². The first kappa shape index (κ1) is 84.1. The normalized spacial score (nSPS) is 20.3. The molecule has 55 heteroatoms. The molecule has 0 bridgehead atoms. The monoisotopic (exact) mass is 1430 g/mol. The summed E-state index contributed by atoms with van der Waals surface area (Å²) in [6.07, 6.45) is -136. The highest BCUT2D eigenvalue weighted by Crippen LogP contribution is 2.74. The van der Waals surface area contributed by atoms with Crippen molar-refractivity contribution in [2.45, 2.75) is 135 Å². The number of aliphatic hydroxyl groups is 2. The van der Waals surface area contributed by atoms with Gasteiger partial charge in [-0.1, -0.05) is 13.2 Å². The molecule has 0 aromatic heterocycles. The van der Waals surface area contributed by atoms with E-state index < -0.39 is 196 Å². The summed E-state index contributed by atoms with van der Waals surface area (Å²) in [5.74, 6) is -62.2. The Labute approximate surface area is 456 Å². The second-order valence-corrected chi connectivity index (χ2v) is 16.4. The molecule has 0 spiro atoms. The smallest absolute Gasteiger partial charge is 0.452 e. The highest BCUT2D eigenvalue weighted by atomic mass is 19.4. The summed E-state index contributed by atoms with van der Waals surface area (Å²) in [4.78, 5) is 22.7. The molecule has 0 saturated carbocycles. The van der Waals surface area contributed by atoms with E-state index in [0.717, 1.165) is 4.74 Å². The van der Waals surface area contributed by atoms with Crippen molar-refractivity contribution in [3.05, 3.63) is 24.8 Å². The fourth-order valence-electron chi connectivity index (χ4n) is 5.39. The average Bonchev–Trinajstić information content (AvgIpc) is 0.675. The number of carbonyl (C=O) groups is 2. The fraction of sp³-hybridized carbons (Fsp3) is 0.824. The molecule has 0 aliphatic rings. The van der Waals surface area contributed by atoms with Crippen molar-refractivity contribution in [2.75, 3.05) is 26.4 Å². The van der Waals surface area contributed by atoms with Crippen molar-refractivity contribution in [3.8, 4) is 0 Å². The largest absolute Gasteiger partial charge is 0.454 e. The zero-order valence-electron chi connectivity index (χ0n) is 40.5. The number of hydrogen-bond acceptors (Lipinski definition) is 13. The summed E-state index contributed by atoms with van der Waals surface area (Å²) in [5, 5.41) is 17.4. The van der Waals surface area contributed by atoms with Gasteiger partial charge >= 0.3 is 144 Å². The Morgan fingerprint density at radius 2 is 0.461 bits per heavy atom. The van der Waals surface area contributed by atoms with Gasteiger partial charge in [0.25, 0.3) is 0 Å². The van der Waals surface area contributed by atoms with Crippen LogP contribution in [0.5, 0.6) is 0 Å². The zero-order valence-corrected chi connectivity index (χ0v) is 40.5. The Bertz CT molecular complexity index is 2410. The van der Waals surface area contributed by atoms with Gasteiger partial charge in [-0.2, -0.15) is 176 Å². The molecule has 0 amide bonds. The minimum Gasteiger partial charge on any atom is -0.454 e. The predicted octanol–water partition coefficient (Wildman–Crippen LogP) is 13.3. The predicted molar refractivity (Wildman–Crippen MR) is 179 cm³/mol. The van der Waals surface area contributed by atoms with Crippen LogP contribution in [0.4, 0.5) is 184 Å². The van der Waals surface area contributed by atoms with Crippen LogP contribution in [-0.4, -0.2) is 170 Å². The molecule has 89 heavy (non-hydrogen) atoms. The third-order valence-corrected chi connectivity index (χ3v) is 9.88. The highest BCUT2D eigenvalue weighted by molar-refractivity contribution is 5.85. The van der Waals surface area contributed by atoms with Crippen molar-refractivity contribution < 1.29 is 247 Å². The molecule has 0 aliphatic carbocycles. The highest BCUT2D eigenvalue weighted by Gasteiger charge is 3.02. The van der Waals surface area contributed by atoms with Crippen molar-refractivity contribution >= 4 is 11.9 Å². The van der Waals surface area contributed by atoms with Crippen molar-refractivity contribution in [1.29, 1.82) is 0 Å². The lowest BCUT2D eigenvalue weighted by Crippen LogP contribution is -2.81. The standard InChI is InChI=1S/C34H20F42O13/c1-9(35)11(79)81-7-17(41,25(55,56)57)87-31(69,70)20(30(67,68)86-16(40,6-78)24(52,53)54,32(71,72)88-18(42,26(58,59)60)8-82-12(80)10(2)36)34(75,76)89-33(73,74)19(27(61,62)83-13(3,37)21(43,44)45,28(63,64)84-14(4,38)22(46,47)48)29(65,66)85-15(39,5-77)23(49,50)51/h77-78H,1-2,5-8H2,3-4H3. The number of rotatable bonds is 30. The average molecular weight is 1430 g/mol. The Kier molecular flexibility index (Phi) is 22.9. The van der Waals surface area contributed by atoms with E-state index in [1.54, 1.807) is 13.2 Å². The molecule has 0 aromatic rings. The van der Waals surface area contributed by atoms with Crippen molar-refractivity contribution in [3.63, 3.8) is 0 Å². The van der Waals surface area contributed by atoms with E-state index in [9.17, 15) is 111 Å². The molecule has 0 saturated heterocycles. The fourth-order valence-corrected chi connectivity index (χ4v) is 5.39. The summed E-state index contributed by atoms with van der Waals surface area (Å²) in [5.41, 5.74) is -22.5. The molecular formula is C34H20F42O13. The molecule has 13 nitrogen and oxygen atoms in total. The molecule has 0 fully saturated rings. The lowest BCUT2D eigenvalue weighted by atomic mass is 9.78. The molecular weight excluding hydrogens is 1410 g/mol. The molecule has 0 aromatic carbocycles. The van der Waals surface area contributed by atoms with E-state index in [1.165, 1.54) is 28.4 Å². The molecule has 6 atom stereocenters. The number of esters is 2. The van der Waals surface area contributed by atoms with E-state index in [2.05, 4.69) is 9.47 Å². The Balaban J connectivity index is 11.4. The van der Waals surface area contributed by atoms with Crippen LogP contribution < -0.4 is 0 Å². The number of aliphatic hydroxyl groups excluding tert-OH is 2. The maximum atomic E-state index is 17.0. The minimum atomic E-state index is -11.4. The third kappa shape index (κ3) is 15.3. The van der Waals surface area contributed by atoms with E-state index >= 15 is 83.4 Å². The quantitative estimate of drug-likeness (QED) is 0.0398. The summed E-state index contributed by atoms with van der Waals surface area (Å²) in [6.45, 7) is -20.3. The zero-order chi connectivity index (χ0) is 72.5. The molecule has 0 radical (unpaired) electrons.